The molecule has 0 fully saturated rings. The van der Waals surface area contributed by atoms with Gasteiger partial charge in [-0.25, -0.2) is 0 Å². The molecule has 0 saturated carbocycles. The Bertz CT molecular complexity index is 2190. The van der Waals surface area contributed by atoms with Crippen LogP contribution in [0.15, 0.2) is 83.0 Å². The van der Waals surface area contributed by atoms with E-state index in [1.807, 2.05) is 27.7 Å². The van der Waals surface area contributed by atoms with Crippen LogP contribution in [0.25, 0.3) is 54.3 Å². The van der Waals surface area contributed by atoms with Gasteiger partial charge in [0.1, 0.15) is 11.3 Å². The van der Waals surface area contributed by atoms with Crippen LogP contribution in [0.5, 0.6) is 0 Å². The van der Waals surface area contributed by atoms with E-state index in [1.165, 1.54) is 32.2 Å². The molecule has 0 spiro atoms. The number of carbonyl (C=O) groups excluding carboxylic acids is 1. The maximum absolute atomic E-state index is 11.7. The van der Waals surface area contributed by atoms with Crippen LogP contribution in [-0.2, 0) is 36.7 Å². The van der Waals surface area contributed by atoms with Gasteiger partial charge >= 0.3 is 0 Å². The zero-order valence-corrected chi connectivity index (χ0v) is 36.4. The standard InChI is InChI=1S/C34H32NOS.C13H24O2.Ir/c1-20(2)13-26-16-24-12-11-23(18-32(24)36-26)28-19-30(35-31-14-21(3)37-33(28)31)25-15-22-9-7-8-10-27(22)29(17-25)34(4,5)6;1-5-10(6-2)12(14)9-13(15)11(7-3)8-4;/h7-12,14,16-20H,13H2,1-6H3;9-11,14H,5-8H2,1-4H3;/q-1;;/b;12-9-;. The first-order valence-electron chi connectivity index (χ1n) is 19.1. The summed E-state index contributed by atoms with van der Waals surface area (Å²) in [6.45, 7) is 21.5. The molecule has 1 radical (unpaired) electrons. The molecule has 0 bridgehead atoms. The van der Waals surface area contributed by atoms with Crippen molar-refractivity contribution in [2.45, 2.75) is 107 Å². The molecule has 0 saturated heterocycles. The smallest absolute Gasteiger partial charge is 0.162 e. The molecular weight excluding hydrogens is 851 g/mol. The van der Waals surface area contributed by atoms with Gasteiger partial charge in [0.15, 0.2) is 5.78 Å². The average Bonchev–Trinajstić information content (AvgIpc) is 3.69. The fourth-order valence-electron chi connectivity index (χ4n) is 7.02. The first kappa shape index (κ1) is 42.2. The number of rotatable bonds is 11. The number of furan rings is 1. The van der Waals surface area contributed by atoms with Crippen LogP contribution in [-0.4, -0.2) is 15.9 Å². The van der Waals surface area contributed by atoms with Crippen LogP contribution in [0.1, 0.15) is 104 Å². The van der Waals surface area contributed by atoms with Crippen molar-refractivity contribution >= 4 is 49.1 Å². The maximum Gasteiger partial charge on any atom is 0.162 e. The Hall–Kier alpha value is -3.57. The third-order valence-electron chi connectivity index (χ3n) is 10.0. The summed E-state index contributed by atoms with van der Waals surface area (Å²) < 4.78 is 7.47. The Balaban J connectivity index is 0.000000335. The molecular formula is C47H56IrNO3S-. The van der Waals surface area contributed by atoms with Gasteiger partial charge in [-0.1, -0.05) is 110 Å². The van der Waals surface area contributed by atoms with Crippen LogP contribution in [0.4, 0.5) is 0 Å². The fraction of sp³-hybridized carbons (Fsp3) is 0.404. The number of nitrogens with zero attached hydrogens (tertiary/aromatic N) is 1. The van der Waals surface area contributed by atoms with Gasteiger partial charge < -0.3 is 9.52 Å². The summed E-state index contributed by atoms with van der Waals surface area (Å²) in [4.78, 5) is 18.1. The number of carbonyl (C=O) groups is 1. The fourth-order valence-corrected chi connectivity index (χ4v) is 8.01. The number of fused-ring (bicyclic) bond motifs is 3. The van der Waals surface area contributed by atoms with Gasteiger partial charge in [-0.3, -0.25) is 9.78 Å². The molecule has 0 aliphatic rings. The number of benzene rings is 3. The quantitative estimate of drug-likeness (QED) is 0.0799. The number of aliphatic hydroxyl groups excluding tert-OH is 1. The predicted molar refractivity (Wildman–Crippen MR) is 222 cm³/mol. The molecule has 1 N–H and O–H groups in total. The van der Waals surface area contributed by atoms with Crippen molar-refractivity contribution in [3.8, 4) is 22.4 Å². The summed E-state index contributed by atoms with van der Waals surface area (Å²) in [5, 5.41) is 13.3. The Morgan fingerprint density at radius 3 is 2.25 bits per heavy atom. The minimum Gasteiger partial charge on any atom is -0.512 e. The SMILES string of the molecule is CCC(CC)C(=O)/C=C(\O)C(CC)CC.Cc1cc2nc(-c3[c-]c4ccccc4c(C(C)(C)C)c3)cc(-c3ccc4cc(CC(C)C)oc4c3)c2s1.[Ir]. The number of hydrogen-bond donors (Lipinski definition) is 1. The summed E-state index contributed by atoms with van der Waals surface area (Å²) in [5.41, 5.74) is 7.65. The number of aryl methyl sites for hydroxylation is 1. The third kappa shape index (κ3) is 9.95. The van der Waals surface area contributed by atoms with Crippen molar-refractivity contribution in [1.82, 2.24) is 4.98 Å². The molecule has 3 aromatic heterocycles. The minimum absolute atomic E-state index is 0. The number of allylic oxidation sites excluding steroid dienone is 2. The monoisotopic (exact) mass is 907 g/mol. The van der Waals surface area contributed by atoms with Crippen molar-refractivity contribution < 1.29 is 34.4 Å². The Morgan fingerprint density at radius 1 is 0.925 bits per heavy atom. The van der Waals surface area contributed by atoms with Crippen molar-refractivity contribution in [2.75, 3.05) is 0 Å². The van der Waals surface area contributed by atoms with Crippen molar-refractivity contribution in [3.63, 3.8) is 0 Å². The third-order valence-corrected chi connectivity index (χ3v) is 11.1. The van der Waals surface area contributed by atoms with E-state index in [1.54, 1.807) is 11.3 Å². The van der Waals surface area contributed by atoms with E-state index in [9.17, 15) is 9.90 Å². The molecule has 3 aromatic carbocycles. The van der Waals surface area contributed by atoms with Crippen LogP contribution in [0, 0.1) is 30.7 Å². The summed E-state index contributed by atoms with van der Waals surface area (Å²) in [6, 6.07) is 27.7. The maximum atomic E-state index is 11.7. The van der Waals surface area contributed by atoms with Crippen LogP contribution in [0.2, 0.25) is 0 Å². The second kappa shape index (κ2) is 18.2. The largest absolute Gasteiger partial charge is 0.512 e. The predicted octanol–water partition coefficient (Wildman–Crippen LogP) is 14.0. The van der Waals surface area contributed by atoms with Crippen LogP contribution in [0.3, 0.4) is 0 Å². The van der Waals surface area contributed by atoms with Gasteiger partial charge in [0.2, 0.25) is 0 Å². The van der Waals surface area contributed by atoms with E-state index < -0.39 is 0 Å². The normalized spacial score (nSPS) is 12.2. The Kier molecular flexibility index (Phi) is 14.5. The van der Waals surface area contributed by atoms with Gasteiger partial charge in [0.25, 0.3) is 0 Å². The van der Waals surface area contributed by atoms with Gasteiger partial charge in [-0.15, -0.1) is 40.5 Å². The number of aliphatic hydroxyl groups is 1. The average molecular weight is 907 g/mol. The molecule has 0 aliphatic heterocycles. The first-order valence-corrected chi connectivity index (χ1v) is 19.9. The molecule has 0 aliphatic carbocycles. The van der Waals surface area contributed by atoms with Gasteiger partial charge in [0, 0.05) is 60.4 Å². The second-order valence-electron chi connectivity index (χ2n) is 15.6. The van der Waals surface area contributed by atoms with Crippen LogP contribution >= 0.6 is 11.3 Å². The van der Waals surface area contributed by atoms with E-state index in [0.29, 0.717) is 5.92 Å². The number of hydrogen-bond acceptors (Lipinski definition) is 5. The zero-order valence-electron chi connectivity index (χ0n) is 33.1. The van der Waals surface area contributed by atoms with Crippen molar-refractivity contribution in [2.24, 2.45) is 17.8 Å². The second-order valence-corrected chi connectivity index (χ2v) is 16.8. The van der Waals surface area contributed by atoms with E-state index >= 15 is 0 Å². The molecule has 0 atom stereocenters. The zero-order chi connectivity index (χ0) is 37.7. The van der Waals surface area contributed by atoms with E-state index in [-0.39, 0.29) is 48.9 Å². The van der Waals surface area contributed by atoms with Crippen molar-refractivity contribution in [3.05, 3.63) is 101 Å². The molecule has 53 heavy (non-hydrogen) atoms. The minimum atomic E-state index is 0. The molecule has 6 aromatic rings. The Morgan fingerprint density at radius 2 is 1.60 bits per heavy atom. The van der Waals surface area contributed by atoms with E-state index in [2.05, 4.69) is 114 Å². The summed E-state index contributed by atoms with van der Waals surface area (Å²) in [7, 11) is 0. The molecule has 0 unspecified atom stereocenters. The van der Waals surface area contributed by atoms with E-state index in [4.69, 9.17) is 9.40 Å². The van der Waals surface area contributed by atoms with Gasteiger partial charge in [-0.2, -0.15) is 0 Å². The Labute approximate surface area is 334 Å². The molecule has 3 heterocycles. The van der Waals surface area contributed by atoms with Crippen LogP contribution < -0.4 is 0 Å². The van der Waals surface area contributed by atoms with Gasteiger partial charge in [-0.05, 0) is 73.3 Å². The first-order chi connectivity index (χ1) is 24.8. The summed E-state index contributed by atoms with van der Waals surface area (Å²) in [5.74, 6) is 2.16. The van der Waals surface area contributed by atoms with Gasteiger partial charge in [0.05, 0.1) is 16.0 Å². The topological polar surface area (TPSA) is 63.3 Å². The van der Waals surface area contributed by atoms with Crippen molar-refractivity contribution in [1.29, 1.82) is 0 Å². The number of thiophene rings is 1. The summed E-state index contributed by atoms with van der Waals surface area (Å²) >= 11 is 1.80. The molecule has 6 rings (SSSR count). The molecule has 4 nitrogen and oxygen atoms in total. The summed E-state index contributed by atoms with van der Waals surface area (Å²) in [6.07, 6.45) is 5.86. The number of pyridine rings is 1. The number of ketones is 1. The molecule has 283 valence electrons. The van der Waals surface area contributed by atoms with E-state index in [0.717, 1.165) is 76.6 Å². The number of aromatic nitrogens is 1. The molecule has 6 heteroatoms. The molecule has 0 amide bonds.